The fourth-order valence-corrected chi connectivity index (χ4v) is 2.61. The Hall–Kier alpha value is -2.96. The maximum atomic E-state index is 13.7. The van der Waals surface area contributed by atoms with Crippen molar-refractivity contribution in [3.05, 3.63) is 64.0 Å². The fourth-order valence-electron chi connectivity index (χ4n) is 2.61. The lowest BCUT2D eigenvalue weighted by molar-refractivity contribution is -0.385. The van der Waals surface area contributed by atoms with Crippen LogP contribution in [0.1, 0.15) is 17.9 Å². The van der Waals surface area contributed by atoms with E-state index in [1.54, 1.807) is 18.2 Å². The van der Waals surface area contributed by atoms with Crippen LogP contribution in [0.2, 0.25) is 0 Å². The second-order valence-corrected chi connectivity index (χ2v) is 5.48. The van der Waals surface area contributed by atoms with Crippen LogP contribution in [0.4, 0.5) is 10.1 Å². The molecule has 1 aliphatic rings. The number of hydrogen-bond acceptors (Lipinski definition) is 5. The average Bonchev–Trinajstić information content (AvgIpc) is 3.36. The number of halogens is 1. The van der Waals surface area contributed by atoms with Crippen LogP contribution in [0.25, 0.3) is 0 Å². The number of methoxy groups -OCH3 is 1. The van der Waals surface area contributed by atoms with Gasteiger partial charge in [0.25, 0.3) is 0 Å². The van der Waals surface area contributed by atoms with E-state index in [1.165, 1.54) is 31.4 Å². The molecule has 0 amide bonds. The van der Waals surface area contributed by atoms with Crippen molar-refractivity contribution in [3.8, 4) is 11.5 Å². The first-order valence-electron chi connectivity index (χ1n) is 7.30. The van der Waals surface area contributed by atoms with Gasteiger partial charge < -0.3 is 9.47 Å². The summed E-state index contributed by atoms with van der Waals surface area (Å²) in [5.41, 5.74) is 0.106. The van der Waals surface area contributed by atoms with Crippen molar-refractivity contribution in [1.29, 1.82) is 0 Å². The van der Waals surface area contributed by atoms with Gasteiger partial charge in [0, 0.05) is 5.92 Å². The van der Waals surface area contributed by atoms with Crippen molar-refractivity contribution in [1.82, 2.24) is 0 Å². The molecule has 0 spiro atoms. The number of carbonyl (C=O) groups excluding carboxylic acids is 1. The topological polar surface area (TPSA) is 78.7 Å². The van der Waals surface area contributed by atoms with E-state index < -0.39 is 16.8 Å². The summed E-state index contributed by atoms with van der Waals surface area (Å²) in [6.45, 7) is 0. The van der Waals surface area contributed by atoms with Gasteiger partial charge in [-0.3, -0.25) is 14.9 Å². The third-order valence-corrected chi connectivity index (χ3v) is 3.97. The molecule has 0 bridgehead atoms. The summed E-state index contributed by atoms with van der Waals surface area (Å²) in [6, 6.07) is 10.2. The quantitative estimate of drug-likeness (QED) is 0.363. The van der Waals surface area contributed by atoms with E-state index in [1.807, 2.05) is 0 Å². The number of nitrogens with zero attached hydrogens (tertiary/aromatic N) is 1. The minimum Gasteiger partial charge on any atom is -0.496 e. The van der Waals surface area contributed by atoms with Gasteiger partial charge in [-0.05, 0) is 30.2 Å². The zero-order chi connectivity index (χ0) is 17.3. The molecule has 0 saturated heterocycles. The number of nitro groups is 1. The largest absolute Gasteiger partial charge is 0.496 e. The van der Waals surface area contributed by atoms with Gasteiger partial charge in [-0.2, -0.15) is 0 Å². The molecule has 0 radical (unpaired) electrons. The predicted molar refractivity (Wildman–Crippen MR) is 82.5 cm³/mol. The van der Waals surface area contributed by atoms with Gasteiger partial charge in [0.15, 0.2) is 0 Å². The van der Waals surface area contributed by atoms with E-state index in [0.29, 0.717) is 12.0 Å². The van der Waals surface area contributed by atoms with Gasteiger partial charge in [-0.1, -0.05) is 18.2 Å². The van der Waals surface area contributed by atoms with E-state index >= 15 is 0 Å². The molecule has 3 rings (SSSR count). The van der Waals surface area contributed by atoms with Gasteiger partial charge in [-0.25, -0.2) is 4.39 Å². The maximum absolute atomic E-state index is 13.7. The lowest BCUT2D eigenvalue weighted by atomic mass is 10.1. The number of nitro benzene ring substituents is 1. The van der Waals surface area contributed by atoms with Crippen LogP contribution in [-0.2, 0) is 4.79 Å². The third kappa shape index (κ3) is 3.05. The van der Waals surface area contributed by atoms with Crippen LogP contribution in [0.3, 0.4) is 0 Å². The van der Waals surface area contributed by atoms with E-state index in [0.717, 1.165) is 0 Å². The van der Waals surface area contributed by atoms with Crippen LogP contribution in [0.5, 0.6) is 11.5 Å². The molecule has 2 aromatic carbocycles. The predicted octanol–water partition coefficient (Wildman–Crippen LogP) is 3.45. The second-order valence-electron chi connectivity index (χ2n) is 5.48. The van der Waals surface area contributed by atoms with Crippen molar-refractivity contribution in [3.63, 3.8) is 0 Å². The molecule has 0 N–H and O–H groups in total. The van der Waals surface area contributed by atoms with Crippen LogP contribution < -0.4 is 9.47 Å². The van der Waals surface area contributed by atoms with Crippen molar-refractivity contribution in [2.75, 3.05) is 7.11 Å². The molecule has 0 aliphatic heterocycles. The normalized spacial score (nSPS) is 18.8. The molecule has 7 heteroatoms. The summed E-state index contributed by atoms with van der Waals surface area (Å²) in [4.78, 5) is 22.7. The molecule has 1 aliphatic carbocycles. The molecule has 2 aromatic rings. The van der Waals surface area contributed by atoms with E-state index in [4.69, 9.17) is 9.47 Å². The number of carbonyl (C=O) groups is 1. The van der Waals surface area contributed by atoms with Gasteiger partial charge in [-0.15, -0.1) is 0 Å². The molecule has 24 heavy (non-hydrogen) atoms. The Morgan fingerprint density at radius 1 is 1.29 bits per heavy atom. The number of esters is 1. The zero-order valence-corrected chi connectivity index (χ0v) is 12.8. The van der Waals surface area contributed by atoms with Crippen molar-refractivity contribution < 1.29 is 23.6 Å². The molecule has 2 unspecified atom stereocenters. The number of hydrogen-bond donors (Lipinski definition) is 0. The van der Waals surface area contributed by atoms with Crippen molar-refractivity contribution >= 4 is 11.7 Å². The highest BCUT2D eigenvalue weighted by Crippen LogP contribution is 2.49. The molecule has 6 nitrogen and oxygen atoms in total. The Kier molecular flexibility index (Phi) is 4.16. The highest BCUT2D eigenvalue weighted by molar-refractivity contribution is 5.80. The molecule has 2 atom stereocenters. The summed E-state index contributed by atoms with van der Waals surface area (Å²) in [7, 11) is 1.38. The first-order valence-corrected chi connectivity index (χ1v) is 7.30. The molecule has 1 saturated carbocycles. The average molecular weight is 331 g/mol. The highest BCUT2D eigenvalue weighted by Gasteiger charge is 2.47. The van der Waals surface area contributed by atoms with Crippen LogP contribution in [0.15, 0.2) is 42.5 Å². The maximum Gasteiger partial charge on any atom is 0.315 e. The van der Waals surface area contributed by atoms with Crippen LogP contribution in [0, 0.1) is 21.8 Å². The molecule has 1 fully saturated rings. The first kappa shape index (κ1) is 15.9. The van der Waals surface area contributed by atoms with Gasteiger partial charge in [0.1, 0.15) is 11.6 Å². The molecule has 124 valence electrons. The smallest absolute Gasteiger partial charge is 0.315 e. The van der Waals surface area contributed by atoms with Gasteiger partial charge in [0.05, 0.1) is 24.0 Å². The molecular formula is C17H14FNO5. The molecular weight excluding hydrogens is 317 g/mol. The van der Waals surface area contributed by atoms with Crippen molar-refractivity contribution in [2.24, 2.45) is 5.92 Å². The van der Waals surface area contributed by atoms with Gasteiger partial charge >= 0.3 is 11.7 Å². The third-order valence-electron chi connectivity index (χ3n) is 3.97. The Labute approximate surface area is 137 Å². The summed E-state index contributed by atoms with van der Waals surface area (Å²) in [6.07, 6.45) is 0.462. The minimum atomic E-state index is -0.646. The highest BCUT2D eigenvalue weighted by atomic mass is 19.1. The Balaban J connectivity index is 1.75. The van der Waals surface area contributed by atoms with Crippen LogP contribution >= 0.6 is 0 Å². The molecule has 0 heterocycles. The Bertz CT molecular complexity index is 807. The van der Waals surface area contributed by atoms with E-state index in [9.17, 15) is 19.3 Å². The Morgan fingerprint density at radius 3 is 2.71 bits per heavy atom. The zero-order valence-electron chi connectivity index (χ0n) is 12.8. The van der Waals surface area contributed by atoms with Crippen molar-refractivity contribution in [2.45, 2.75) is 12.3 Å². The SMILES string of the molecule is COc1ccc(OC(=O)C2CC2c2ccccc2F)c([N+](=O)[O-])c1. The lowest BCUT2D eigenvalue weighted by Gasteiger charge is -2.07. The van der Waals surface area contributed by atoms with Gasteiger partial charge in [0.2, 0.25) is 5.75 Å². The number of ether oxygens (including phenoxy) is 2. The Morgan fingerprint density at radius 2 is 2.04 bits per heavy atom. The minimum absolute atomic E-state index is 0.148. The first-order chi connectivity index (χ1) is 11.5. The summed E-state index contributed by atoms with van der Waals surface area (Å²) >= 11 is 0. The summed E-state index contributed by atoms with van der Waals surface area (Å²) in [5, 5.41) is 11.1. The standard InChI is InChI=1S/C17H14FNO5/c1-23-10-6-7-16(15(8-10)19(21)22)24-17(20)13-9-12(13)11-4-2-3-5-14(11)18/h2-8,12-13H,9H2,1H3. The van der Waals surface area contributed by atoms with E-state index in [2.05, 4.69) is 0 Å². The summed E-state index contributed by atoms with van der Waals surface area (Å²) in [5.74, 6) is -1.58. The molecule has 0 aromatic heterocycles. The monoisotopic (exact) mass is 331 g/mol. The summed E-state index contributed by atoms with van der Waals surface area (Å²) < 4.78 is 23.8. The fraction of sp³-hybridized carbons (Fsp3) is 0.235. The lowest BCUT2D eigenvalue weighted by Crippen LogP contribution is -2.12. The van der Waals surface area contributed by atoms with Crippen LogP contribution in [-0.4, -0.2) is 18.0 Å². The number of benzene rings is 2. The van der Waals surface area contributed by atoms with E-state index in [-0.39, 0.29) is 28.9 Å². The second kappa shape index (κ2) is 6.27. The number of rotatable bonds is 5.